The number of rotatable bonds is 1. The topological polar surface area (TPSA) is 43.8 Å². The van der Waals surface area contributed by atoms with Crippen LogP contribution in [0.4, 0.5) is 5.82 Å². The summed E-state index contributed by atoms with van der Waals surface area (Å²) in [6, 6.07) is 9.91. The molecule has 3 nitrogen and oxygen atoms in total. The van der Waals surface area contributed by atoms with Gasteiger partial charge in [0.05, 0.1) is 5.69 Å². The van der Waals surface area contributed by atoms with Crippen molar-refractivity contribution in [1.82, 2.24) is 9.78 Å². The van der Waals surface area contributed by atoms with Gasteiger partial charge in [-0.2, -0.15) is 5.10 Å². The molecule has 0 aliphatic rings. The van der Waals surface area contributed by atoms with E-state index in [-0.39, 0.29) is 0 Å². The third-order valence-corrected chi connectivity index (χ3v) is 1.96. The van der Waals surface area contributed by atoms with Gasteiger partial charge in [0.2, 0.25) is 0 Å². The molecule has 0 aliphatic heterocycles. The van der Waals surface area contributed by atoms with E-state index in [1.807, 2.05) is 43.5 Å². The Morgan fingerprint density at radius 3 is 2.46 bits per heavy atom. The van der Waals surface area contributed by atoms with E-state index < -0.39 is 0 Å². The maximum Gasteiger partial charge on any atom is 0.148 e. The van der Waals surface area contributed by atoms with Crippen LogP contribution < -0.4 is 5.73 Å². The number of anilines is 1. The lowest BCUT2D eigenvalue weighted by Crippen LogP contribution is -1.95. The molecule has 0 aliphatic carbocycles. The number of benzene rings is 1. The molecule has 0 unspecified atom stereocenters. The Bertz CT molecular complexity index is 384. The van der Waals surface area contributed by atoms with E-state index in [1.165, 1.54) is 0 Å². The van der Waals surface area contributed by atoms with Crippen LogP contribution >= 0.6 is 0 Å². The van der Waals surface area contributed by atoms with Crippen LogP contribution in [0.25, 0.3) is 5.69 Å². The van der Waals surface area contributed by atoms with Gasteiger partial charge in [-0.25, -0.2) is 4.68 Å². The summed E-state index contributed by atoms with van der Waals surface area (Å²) >= 11 is 0. The monoisotopic (exact) mass is 173 g/mol. The van der Waals surface area contributed by atoms with E-state index in [2.05, 4.69) is 5.10 Å². The van der Waals surface area contributed by atoms with Gasteiger partial charge < -0.3 is 5.73 Å². The Kier molecular flexibility index (Phi) is 1.77. The first-order chi connectivity index (χ1) is 6.27. The fourth-order valence-corrected chi connectivity index (χ4v) is 1.19. The third kappa shape index (κ3) is 1.40. The number of aromatic nitrogens is 2. The van der Waals surface area contributed by atoms with Gasteiger partial charge in [0, 0.05) is 11.8 Å². The van der Waals surface area contributed by atoms with E-state index in [0.29, 0.717) is 5.82 Å². The quantitative estimate of drug-likeness (QED) is 0.714. The molecule has 0 bridgehead atoms. The Morgan fingerprint density at radius 2 is 1.92 bits per heavy atom. The van der Waals surface area contributed by atoms with Crippen LogP contribution in [0.2, 0.25) is 0 Å². The van der Waals surface area contributed by atoms with Gasteiger partial charge in [0.25, 0.3) is 0 Å². The summed E-state index contributed by atoms with van der Waals surface area (Å²) in [5.41, 5.74) is 7.68. The molecule has 2 aromatic rings. The highest BCUT2D eigenvalue weighted by Gasteiger charge is 2.01. The maximum absolute atomic E-state index is 5.65. The van der Waals surface area contributed by atoms with E-state index in [1.54, 1.807) is 4.68 Å². The first-order valence-electron chi connectivity index (χ1n) is 4.14. The highest BCUT2D eigenvalue weighted by atomic mass is 15.3. The molecule has 0 atom stereocenters. The smallest absolute Gasteiger partial charge is 0.148 e. The summed E-state index contributed by atoms with van der Waals surface area (Å²) in [5.74, 6) is 0.587. The predicted molar refractivity (Wildman–Crippen MR) is 52.7 cm³/mol. The van der Waals surface area contributed by atoms with Crippen molar-refractivity contribution in [2.24, 2.45) is 0 Å². The van der Waals surface area contributed by atoms with Gasteiger partial charge in [0.15, 0.2) is 0 Å². The third-order valence-electron chi connectivity index (χ3n) is 1.96. The second kappa shape index (κ2) is 2.94. The van der Waals surface area contributed by atoms with Crippen molar-refractivity contribution in [2.75, 3.05) is 5.73 Å². The lowest BCUT2D eigenvalue weighted by atomic mass is 10.3. The summed E-state index contributed by atoms with van der Waals surface area (Å²) in [6.45, 7) is 1.95. The van der Waals surface area contributed by atoms with Gasteiger partial charge in [0.1, 0.15) is 5.82 Å². The maximum atomic E-state index is 5.65. The zero-order chi connectivity index (χ0) is 9.26. The Hall–Kier alpha value is -1.77. The first kappa shape index (κ1) is 7.86. The summed E-state index contributed by atoms with van der Waals surface area (Å²) in [4.78, 5) is 0. The predicted octanol–water partition coefficient (Wildman–Crippen LogP) is 1.76. The average molecular weight is 173 g/mol. The van der Waals surface area contributed by atoms with Crippen LogP contribution in [-0.4, -0.2) is 9.78 Å². The summed E-state index contributed by atoms with van der Waals surface area (Å²) < 4.78 is 1.78. The molecule has 66 valence electrons. The molecule has 2 rings (SSSR count). The summed E-state index contributed by atoms with van der Waals surface area (Å²) in [5, 5.41) is 4.17. The van der Waals surface area contributed by atoms with Crippen LogP contribution in [0.15, 0.2) is 36.5 Å². The number of nitrogens with two attached hydrogens (primary N) is 1. The summed E-state index contributed by atoms with van der Waals surface area (Å²) in [7, 11) is 0. The Morgan fingerprint density at radius 1 is 1.23 bits per heavy atom. The SMILES string of the molecule is Cc1cn(-c2ccccc2)nc1N. The summed E-state index contributed by atoms with van der Waals surface area (Å²) in [6.07, 6.45) is 1.92. The standard InChI is InChI=1S/C10H11N3/c1-8-7-13(12-10(8)11)9-5-3-2-4-6-9/h2-7H,1H3,(H2,11,12). The molecule has 0 saturated heterocycles. The van der Waals surface area contributed by atoms with Gasteiger partial charge >= 0.3 is 0 Å². The van der Waals surface area contributed by atoms with E-state index >= 15 is 0 Å². The number of hydrogen-bond acceptors (Lipinski definition) is 2. The fourth-order valence-electron chi connectivity index (χ4n) is 1.19. The second-order valence-corrected chi connectivity index (χ2v) is 2.98. The number of para-hydroxylation sites is 1. The van der Waals surface area contributed by atoms with Crippen molar-refractivity contribution < 1.29 is 0 Å². The lowest BCUT2D eigenvalue weighted by Gasteiger charge is -1.98. The largest absolute Gasteiger partial charge is 0.382 e. The van der Waals surface area contributed by atoms with Crippen LogP contribution in [0.5, 0.6) is 0 Å². The Labute approximate surface area is 76.8 Å². The molecule has 3 heteroatoms. The van der Waals surface area contributed by atoms with Gasteiger partial charge in [-0.05, 0) is 19.1 Å². The van der Waals surface area contributed by atoms with Gasteiger partial charge in [-0.1, -0.05) is 18.2 Å². The second-order valence-electron chi connectivity index (χ2n) is 2.98. The van der Waals surface area contributed by atoms with Crippen LogP contribution in [-0.2, 0) is 0 Å². The Balaban J connectivity index is 2.48. The van der Waals surface area contributed by atoms with Crippen molar-refractivity contribution in [1.29, 1.82) is 0 Å². The molecule has 0 fully saturated rings. The minimum absolute atomic E-state index is 0.587. The molecule has 0 amide bonds. The van der Waals surface area contributed by atoms with Crippen molar-refractivity contribution in [2.45, 2.75) is 6.92 Å². The molecule has 1 heterocycles. The highest BCUT2D eigenvalue weighted by Crippen LogP contribution is 2.11. The molecule has 2 N–H and O–H groups in total. The molecule has 0 saturated carbocycles. The van der Waals surface area contributed by atoms with E-state index in [0.717, 1.165) is 11.3 Å². The van der Waals surface area contributed by atoms with Crippen molar-refractivity contribution in [3.63, 3.8) is 0 Å². The normalized spacial score (nSPS) is 10.2. The molecule has 0 spiro atoms. The molecule has 1 aromatic carbocycles. The van der Waals surface area contributed by atoms with Crippen molar-refractivity contribution >= 4 is 5.82 Å². The number of hydrogen-bond donors (Lipinski definition) is 1. The molecule has 1 aromatic heterocycles. The fraction of sp³-hybridized carbons (Fsp3) is 0.100. The molecular formula is C10H11N3. The number of nitrogens with zero attached hydrogens (tertiary/aromatic N) is 2. The first-order valence-corrected chi connectivity index (χ1v) is 4.14. The molecule has 13 heavy (non-hydrogen) atoms. The van der Waals surface area contributed by atoms with Crippen LogP contribution in [0.1, 0.15) is 5.56 Å². The van der Waals surface area contributed by atoms with E-state index in [4.69, 9.17) is 5.73 Å². The average Bonchev–Trinajstić information content (AvgIpc) is 2.49. The van der Waals surface area contributed by atoms with Crippen molar-refractivity contribution in [3.05, 3.63) is 42.1 Å². The minimum atomic E-state index is 0.587. The minimum Gasteiger partial charge on any atom is -0.382 e. The van der Waals surface area contributed by atoms with E-state index in [9.17, 15) is 0 Å². The lowest BCUT2D eigenvalue weighted by molar-refractivity contribution is 0.885. The zero-order valence-electron chi connectivity index (χ0n) is 7.44. The van der Waals surface area contributed by atoms with Crippen LogP contribution in [0, 0.1) is 6.92 Å². The zero-order valence-corrected chi connectivity index (χ0v) is 7.44. The van der Waals surface area contributed by atoms with Crippen LogP contribution in [0.3, 0.4) is 0 Å². The number of aryl methyl sites for hydroxylation is 1. The number of nitrogen functional groups attached to an aromatic ring is 1. The van der Waals surface area contributed by atoms with Gasteiger partial charge in [-0.15, -0.1) is 0 Å². The molecular weight excluding hydrogens is 162 g/mol. The van der Waals surface area contributed by atoms with Crippen molar-refractivity contribution in [3.8, 4) is 5.69 Å². The molecule has 0 radical (unpaired) electrons. The highest BCUT2D eigenvalue weighted by molar-refractivity contribution is 5.40. The van der Waals surface area contributed by atoms with Gasteiger partial charge in [-0.3, -0.25) is 0 Å².